The summed E-state index contributed by atoms with van der Waals surface area (Å²) < 4.78 is 55.9. The fraction of sp³-hybridized carbons (Fsp3) is 0.542. The van der Waals surface area contributed by atoms with Crippen LogP contribution in [0, 0.1) is 23.7 Å². The van der Waals surface area contributed by atoms with Gasteiger partial charge in [0.2, 0.25) is 17.7 Å². The molecule has 0 bridgehead atoms. The number of fused-ring (bicyclic) bond motifs is 1. The minimum Gasteiger partial charge on any atom is -0.471 e. The average molecular weight is 528 g/mol. The average Bonchev–Trinajstić information content (AvgIpc) is 3.01. The molecule has 2 aliphatic rings. The van der Waals surface area contributed by atoms with Crippen molar-refractivity contribution in [2.45, 2.75) is 45.6 Å². The third kappa shape index (κ3) is 5.75. The van der Waals surface area contributed by atoms with Crippen LogP contribution in [0.25, 0.3) is 0 Å². The Balaban J connectivity index is 1.64. The summed E-state index contributed by atoms with van der Waals surface area (Å²) in [5.74, 6) is -6.25. The minimum absolute atomic E-state index is 0.0875. The summed E-state index contributed by atoms with van der Waals surface area (Å²) >= 11 is 0. The van der Waals surface area contributed by atoms with Crippen LogP contribution >= 0.6 is 0 Å². The lowest BCUT2D eigenvalue weighted by Gasteiger charge is -2.35. The van der Waals surface area contributed by atoms with Crippen LogP contribution in [0.1, 0.15) is 37.4 Å². The zero-order chi connectivity index (χ0) is 27.5. The predicted octanol–water partition coefficient (Wildman–Crippen LogP) is 2.41. The molecule has 3 atom stereocenters. The van der Waals surface area contributed by atoms with Crippen LogP contribution in [0.2, 0.25) is 0 Å². The van der Waals surface area contributed by atoms with Crippen LogP contribution in [-0.2, 0) is 14.4 Å². The first-order valence-electron chi connectivity index (χ1n) is 11.7. The van der Waals surface area contributed by atoms with Gasteiger partial charge < -0.3 is 20.3 Å². The summed E-state index contributed by atoms with van der Waals surface area (Å²) in [6, 6.07) is 1.03. The summed E-state index contributed by atoms with van der Waals surface area (Å²) in [5, 5.41) is 13.7. The number of carbonyl (C=O) groups excluding carboxylic acids is 3. The summed E-state index contributed by atoms with van der Waals surface area (Å²) in [6.07, 6.45) is 1.25. The second-order valence-corrected chi connectivity index (χ2v) is 9.23. The molecule has 1 saturated heterocycles. The Kier molecular flexibility index (Phi) is 8.23. The third-order valence-corrected chi connectivity index (χ3v) is 6.55. The van der Waals surface area contributed by atoms with Crippen LogP contribution in [0.5, 0.6) is 5.88 Å². The Labute approximate surface area is 211 Å². The summed E-state index contributed by atoms with van der Waals surface area (Å²) in [6.45, 7) is 3.83. The van der Waals surface area contributed by atoms with Crippen molar-refractivity contribution in [3.05, 3.63) is 35.5 Å². The number of hydrogen-bond acceptors (Lipinski definition) is 6. The van der Waals surface area contributed by atoms with Gasteiger partial charge in [0.1, 0.15) is 5.71 Å². The van der Waals surface area contributed by atoms with Gasteiger partial charge in [0.05, 0.1) is 17.4 Å². The van der Waals surface area contributed by atoms with E-state index in [0.29, 0.717) is 24.1 Å². The van der Waals surface area contributed by atoms with Crippen LogP contribution in [-0.4, -0.2) is 71.9 Å². The number of aromatic nitrogens is 1. The van der Waals surface area contributed by atoms with Gasteiger partial charge in [-0.2, -0.15) is 8.78 Å². The molecule has 2 heterocycles. The second-order valence-electron chi connectivity index (χ2n) is 9.23. The van der Waals surface area contributed by atoms with Crippen LogP contribution in [0.3, 0.4) is 0 Å². The van der Waals surface area contributed by atoms with Crippen molar-refractivity contribution in [2.24, 2.45) is 11.3 Å². The maximum Gasteiger partial charge on any atom is 0.340 e. The van der Waals surface area contributed by atoms with E-state index in [1.807, 2.05) is 0 Å². The Hall–Kier alpha value is -3.51. The highest BCUT2D eigenvalue weighted by Gasteiger charge is 2.59. The van der Waals surface area contributed by atoms with Crippen molar-refractivity contribution in [1.82, 2.24) is 20.5 Å². The van der Waals surface area contributed by atoms with Crippen LogP contribution in [0.4, 0.5) is 17.6 Å². The van der Waals surface area contributed by atoms with E-state index in [2.05, 4.69) is 15.6 Å². The van der Waals surface area contributed by atoms with Crippen molar-refractivity contribution >= 4 is 23.4 Å². The topological polar surface area (TPSA) is 124 Å². The van der Waals surface area contributed by atoms with Gasteiger partial charge in [-0.15, -0.1) is 0 Å². The number of pyridine rings is 1. The zero-order valence-corrected chi connectivity index (χ0v) is 20.6. The van der Waals surface area contributed by atoms with E-state index in [1.165, 1.54) is 24.9 Å². The molecule has 9 nitrogen and oxygen atoms in total. The molecule has 37 heavy (non-hydrogen) atoms. The Morgan fingerprint density at radius 1 is 1.32 bits per heavy atom. The first-order chi connectivity index (χ1) is 17.3. The SMILES string of the molecule is CC(=O)NCCCNC(=O)C(=N)C12C=CC1C(=O)N(C(C)c1cnc(OCC(F)(F)C(F)F)c(C)c1)C2. The number of halogens is 4. The maximum absolute atomic E-state index is 13.2. The van der Waals surface area contributed by atoms with E-state index in [1.54, 1.807) is 25.1 Å². The van der Waals surface area contributed by atoms with Crippen molar-refractivity contribution in [1.29, 1.82) is 5.41 Å². The molecule has 3 amide bonds. The van der Waals surface area contributed by atoms with Crippen LogP contribution < -0.4 is 15.4 Å². The molecular formula is C24H29F4N5O4. The molecule has 0 aromatic carbocycles. The smallest absolute Gasteiger partial charge is 0.340 e. The number of rotatable bonds is 12. The van der Waals surface area contributed by atoms with E-state index in [-0.39, 0.29) is 36.5 Å². The quantitative estimate of drug-likeness (QED) is 0.167. The molecule has 3 rings (SSSR count). The molecule has 13 heteroatoms. The monoisotopic (exact) mass is 527 g/mol. The first-order valence-corrected chi connectivity index (χ1v) is 11.7. The largest absolute Gasteiger partial charge is 0.471 e. The van der Waals surface area contributed by atoms with Crippen molar-refractivity contribution < 1.29 is 36.7 Å². The van der Waals surface area contributed by atoms with Gasteiger partial charge in [-0.3, -0.25) is 19.8 Å². The standard InChI is InChI=1S/C24H29F4N5O4/c1-13-9-16(10-32-20(13)37-12-24(27,28)22(25)26)14(2)33-11-23(6-5-17(23)21(33)36)18(29)19(35)31-8-4-7-30-15(3)34/h5-6,9-10,14,17,22,29H,4,7-8,11-12H2,1-3H3,(H,30,34)(H,31,35). The number of ether oxygens (including phenoxy) is 1. The van der Waals surface area contributed by atoms with Crippen LogP contribution in [0.15, 0.2) is 24.4 Å². The number of nitrogens with one attached hydrogen (secondary N) is 3. The summed E-state index contributed by atoms with van der Waals surface area (Å²) in [7, 11) is 0. The third-order valence-electron chi connectivity index (χ3n) is 6.55. The van der Waals surface area contributed by atoms with Crippen molar-refractivity contribution in [3.8, 4) is 5.88 Å². The molecule has 0 spiro atoms. The molecule has 1 aliphatic heterocycles. The summed E-state index contributed by atoms with van der Waals surface area (Å²) in [5.41, 5.74) is -0.438. The van der Waals surface area contributed by atoms with E-state index >= 15 is 0 Å². The van der Waals surface area contributed by atoms with Gasteiger partial charge in [-0.1, -0.05) is 12.2 Å². The molecular weight excluding hydrogens is 498 g/mol. The zero-order valence-electron chi connectivity index (χ0n) is 20.6. The van der Waals surface area contributed by atoms with Gasteiger partial charge in [-0.05, 0) is 31.9 Å². The minimum atomic E-state index is -4.31. The molecule has 1 aromatic heterocycles. The Bertz CT molecular complexity index is 1110. The van der Waals surface area contributed by atoms with E-state index in [0.717, 1.165) is 0 Å². The number of amides is 3. The lowest BCUT2D eigenvalue weighted by molar-refractivity contribution is -0.148. The highest BCUT2D eigenvalue weighted by molar-refractivity contribution is 6.41. The number of nitrogens with zero attached hydrogens (tertiary/aromatic N) is 2. The van der Waals surface area contributed by atoms with E-state index in [4.69, 9.17) is 10.1 Å². The Morgan fingerprint density at radius 3 is 2.57 bits per heavy atom. The molecule has 3 unspecified atom stereocenters. The van der Waals surface area contributed by atoms with Gasteiger partial charge in [0, 0.05) is 38.3 Å². The molecule has 1 fully saturated rings. The lowest BCUT2D eigenvalue weighted by Crippen LogP contribution is -2.49. The van der Waals surface area contributed by atoms with Crippen molar-refractivity contribution in [2.75, 3.05) is 26.2 Å². The highest BCUT2D eigenvalue weighted by atomic mass is 19.3. The van der Waals surface area contributed by atoms with Gasteiger partial charge in [0.25, 0.3) is 5.91 Å². The molecule has 202 valence electrons. The second kappa shape index (κ2) is 10.9. The number of likely N-dealkylation sites (tertiary alicyclic amines) is 1. The lowest BCUT2D eigenvalue weighted by atomic mass is 9.65. The maximum atomic E-state index is 13.2. The molecule has 1 aromatic rings. The normalized spacial score (nSPS) is 21.4. The number of aryl methyl sites for hydroxylation is 1. The number of carbonyl (C=O) groups is 3. The van der Waals surface area contributed by atoms with Gasteiger partial charge in [-0.25, -0.2) is 13.8 Å². The molecule has 0 radical (unpaired) electrons. The van der Waals surface area contributed by atoms with Crippen molar-refractivity contribution in [3.63, 3.8) is 0 Å². The van der Waals surface area contributed by atoms with Gasteiger partial charge >= 0.3 is 12.3 Å². The fourth-order valence-electron chi connectivity index (χ4n) is 4.29. The van der Waals surface area contributed by atoms with Gasteiger partial charge in [0.15, 0.2) is 6.61 Å². The highest BCUT2D eigenvalue weighted by Crippen LogP contribution is 2.49. The van der Waals surface area contributed by atoms with E-state index < -0.39 is 42.2 Å². The Morgan fingerprint density at radius 2 is 2.00 bits per heavy atom. The van der Waals surface area contributed by atoms with E-state index in [9.17, 15) is 31.9 Å². The summed E-state index contributed by atoms with van der Waals surface area (Å²) in [4.78, 5) is 42.1. The molecule has 1 aliphatic carbocycles. The number of alkyl halides is 4. The molecule has 3 N–H and O–H groups in total. The molecule has 0 saturated carbocycles. The fourth-order valence-corrected chi connectivity index (χ4v) is 4.29. The predicted molar refractivity (Wildman–Crippen MR) is 125 cm³/mol. The first kappa shape index (κ1) is 28.1. The number of hydrogen-bond donors (Lipinski definition) is 3.